The highest BCUT2D eigenvalue weighted by Gasteiger charge is 2.42. The summed E-state index contributed by atoms with van der Waals surface area (Å²) in [4.78, 5) is 43.9. The summed E-state index contributed by atoms with van der Waals surface area (Å²) in [5.41, 5.74) is 1.12. The number of nitrogens with zero attached hydrogens (tertiary/aromatic N) is 3. The number of carbonyl (C=O) groups excluding carboxylic acids is 3. The molecule has 4 aliphatic rings. The van der Waals surface area contributed by atoms with Gasteiger partial charge in [-0.2, -0.15) is 0 Å². The number of likely N-dealkylation sites (tertiary alicyclic amines) is 1. The summed E-state index contributed by atoms with van der Waals surface area (Å²) in [6.07, 6.45) is 6.31. The lowest BCUT2D eigenvalue weighted by Crippen LogP contribution is -2.47. The summed E-state index contributed by atoms with van der Waals surface area (Å²) in [5.74, 6) is 2.36. The first-order valence-electron chi connectivity index (χ1n) is 13.3. The second-order valence-corrected chi connectivity index (χ2v) is 10.7. The Morgan fingerprint density at radius 1 is 1.06 bits per heavy atom. The van der Waals surface area contributed by atoms with E-state index < -0.39 is 6.04 Å². The zero-order valence-corrected chi connectivity index (χ0v) is 20.8. The molecule has 35 heavy (non-hydrogen) atoms. The molecule has 5 rings (SSSR count). The molecular weight excluding hydrogens is 444 g/mol. The second kappa shape index (κ2) is 10.6. The van der Waals surface area contributed by atoms with Gasteiger partial charge in [-0.25, -0.2) is 0 Å². The second-order valence-electron chi connectivity index (χ2n) is 10.7. The molecule has 3 amide bonds. The fourth-order valence-corrected chi connectivity index (χ4v) is 6.70. The Morgan fingerprint density at radius 2 is 1.86 bits per heavy atom. The highest BCUT2D eigenvalue weighted by atomic mass is 16.5. The predicted molar refractivity (Wildman–Crippen MR) is 133 cm³/mol. The molecule has 2 heterocycles. The number of fused-ring (bicyclic) bond motifs is 2. The van der Waals surface area contributed by atoms with Gasteiger partial charge in [0.05, 0.1) is 19.2 Å². The van der Waals surface area contributed by atoms with E-state index in [1.807, 2.05) is 18.2 Å². The van der Waals surface area contributed by atoms with Gasteiger partial charge in [-0.15, -0.1) is 0 Å². The van der Waals surface area contributed by atoms with Gasteiger partial charge in [0.15, 0.2) is 0 Å². The number of piperazine rings is 1. The number of anilines is 1. The van der Waals surface area contributed by atoms with Crippen LogP contribution in [0, 0.1) is 17.8 Å². The monoisotopic (exact) mass is 482 g/mol. The topological polar surface area (TPSA) is 82.2 Å². The molecule has 8 heteroatoms. The Bertz CT molecular complexity index is 945. The summed E-state index contributed by atoms with van der Waals surface area (Å²) in [6, 6.07) is 7.40. The normalized spacial score (nSPS) is 28.7. The van der Waals surface area contributed by atoms with Crippen LogP contribution in [0.15, 0.2) is 24.3 Å². The largest absolute Gasteiger partial charge is 0.495 e. The van der Waals surface area contributed by atoms with Crippen LogP contribution in [0.2, 0.25) is 0 Å². The average Bonchev–Trinajstić information content (AvgIpc) is 3.56. The highest BCUT2D eigenvalue weighted by molar-refractivity contribution is 6.06. The number of hydrogen-bond donors (Lipinski definition) is 1. The zero-order chi connectivity index (χ0) is 24.4. The lowest BCUT2D eigenvalue weighted by molar-refractivity contribution is -0.140. The summed E-state index contributed by atoms with van der Waals surface area (Å²) >= 11 is 0. The molecule has 190 valence electrons. The van der Waals surface area contributed by atoms with Crippen molar-refractivity contribution in [3.05, 3.63) is 24.3 Å². The van der Waals surface area contributed by atoms with Gasteiger partial charge in [0.2, 0.25) is 11.8 Å². The van der Waals surface area contributed by atoms with Crippen molar-refractivity contribution >= 4 is 23.4 Å². The van der Waals surface area contributed by atoms with Crippen LogP contribution < -0.4 is 15.0 Å². The van der Waals surface area contributed by atoms with E-state index in [9.17, 15) is 14.4 Å². The quantitative estimate of drug-likeness (QED) is 0.544. The van der Waals surface area contributed by atoms with Crippen molar-refractivity contribution in [2.45, 2.75) is 51.0 Å². The number of benzene rings is 1. The van der Waals surface area contributed by atoms with Crippen LogP contribution in [0.1, 0.15) is 44.9 Å². The summed E-state index contributed by atoms with van der Waals surface area (Å²) in [5, 5.41) is 2.87. The van der Waals surface area contributed by atoms with Crippen molar-refractivity contribution in [2.75, 3.05) is 51.3 Å². The smallest absolute Gasteiger partial charge is 0.252 e. The van der Waals surface area contributed by atoms with Crippen LogP contribution in [0.25, 0.3) is 0 Å². The number of para-hydroxylation sites is 2. The summed E-state index contributed by atoms with van der Waals surface area (Å²) in [6.45, 7) is 4.96. The molecule has 2 aliphatic carbocycles. The van der Waals surface area contributed by atoms with Gasteiger partial charge < -0.3 is 15.0 Å². The molecule has 1 aromatic rings. The minimum absolute atomic E-state index is 0.0662. The van der Waals surface area contributed by atoms with Crippen LogP contribution >= 0.6 is 0 Å². The Hall–Kier alpha value is -2.61. The minimum Gasteiger partial charge on any atom is -0.495 e. The first-order chi connectivity index (χ1) is 17.0. The number of ether oxygens (including phenoxy) is 1. The van der Waals surface area contributed by atoms with E-state index >= 15 is 0 Å². The van der Waals surface area contributed by atoms with Gasteiger partial charge >= 0.3 is 0 Å². The fourth-order valence-electron chi connectivity index (χ4n) is 6.70. The van der Waals surface area contributed by atoms with Crippen LogP contribution in [0.4, 0.5) is 5.69 Å². The van der Waals surface area contributed by atoms with E-state index in [0.717, 1.165) is 62.9 Å². The highest BCUT2D eigenvalue weighted by Crippen LogP contribution is 2.49. The van der Waals surface area contributed by atoms with Crippen LogP contribution in [-0.4, -0.2) is 79.9 Å². The van der Waals surface area contributed by atoms with E-state index in [1.54, 1.807) is 7.11 Å². The summed E-state index contributed by atoms with van der Waals surface area (Å²) < 4.78 is 5.49. The molecule has 8 nitrogen and oxygen atoms in total. The molecule has 4 atom stereocenters. The first kappa shape index (κ1) is 24.1. The summed E-state index contributed by atoms with van der Waals surface area (Å²) in [7, 11) is 1.70. The fraction of sp³-hybridized carbons (Fsp3) is 0.667. The molecule has 2 bridgehead atoms. The van der Waals surface area contributed by atoms with Crippen molar-refractivity contribution in [1.82, 2.24) is 15.1 Å². The average molecular weight is 483 g/mol. The number of methoxy groups -OCH3 is 1. The molecule has 2 aliphatic heterocycles. The minimum atomic E-state index is -0.682. The van der Waals surface area contributed by atoms with Crippen molar-refractivity contribution in [3.8, 4) is 5.75 Å². The molecule has 4 fully saturated rings. The molecule has 4 unspecified atom stereocenters. The maximum Gasteiger partial charge on any atom is 0.252 e. The number of hydrogen-bond acceptors (Lipinski definition) is 6. The van der Waals surface area contributed by atoms with Gasteiger partial charge in [-0.1, -0.05) is 18.6 Å². The van der Waals surface area contributed by atoms with Crippen molar-refractivity contribution in [3.63, 3.8) is 0 Å². The third-order valence-electron chi connectivity index (χ3n) is 8.57. The Labute approximate surface area is 207 Å². The maximum atomic E-state index is 12.8. The van der Waals surface area contributed by atoms with Crippen molar-refractivity contribution in [1.29, 1.82) is 0 Å². The molecular formula is C27H38N4O4. The van der Waals surface area contributed by atoms with Crippen LogP contribution in [0.3, 0.4) is 0 Å². The number of carbonyl (C=O) groups is 3. The molecule has 0 aromatic heterocycles. The van der Waals surface area contributed by atoms with Gasteiger partial charge in [-0.3, -0.25) is 24.2 Å². The van der Waals surface area contributed by atoms with Crippen molar-refractivity contribution < 1.29 is 19.1 Å². The molecule has 0 spiro atoms. The van der Waals surface area contributed by atoms with E-state index in [4.69, 9.17) is 4.74 Å². The zero-order valence-electron chi connectivity index (χ0n) is 20.8. The molecule has 2 saturated carbocycles. The number of rotatable bonds is 9. The van der Waals surface area contributed by atoms with Crippen LogP contribution in [-0.2, 0) is 14.4 Å². The van der Waals surface area contributed by atoms with E-state index in [2.05, 4.69) is 21.2 Å². The third-order valence-corrected chi connectivity index (χ3v) is 8.57. The Morgan fingerprint density at radius 3 is 2.57 bits per heavy atom. The standard InChI is InChI=1S/C27H38N4O4/c1-35-24-6-3-2-5-23(24)30-13-11-29(12-14-30)9-4-10-31-26(33)18-22(27(31)34)28-25(32)17-21-16-19-7-8-20(21)15-19/h2-3,5-6,19-22H,4,7-18H2,1H3,(H,28,32). The predicted octanol–water partition coefficient (Wildman–Crippen LogP) is 2.28. The molecule has 0 radical (unpaired) electrons. The first-order valence-corrected chi connectivity index (χ1v) is 13.3. The van der Waals surface area contributed by atoms with Crippen LogP contribution in [0.5, 0.6) is 5.75 Å². The Balaban J connectivity index is 1.03. The number of amides is 3. The Kier molecular flexibility index (Phi) is 7.27. The maximum absolute atomic E-state index is 12.8. The van der Waals surface area contributed by atoms with E-state index in [0.29, 0.717) is 24.8 Å². The van der Waals surface area contributed by atoms with Gasteiger partial charge in [0, 0.05) is 39.1 Å². The number of imide groups is 1. The van der Waals surface area contributed by atoms with E-state index in [-0.39, 0.29) is 24.1 Å². The van der Waals surface area contributed by atoms with E-state index in [1.165, 1.54) is 24.2 Å². The molecule has 1 N–H and O–H groups in total. The van der Waals surface area contributed by atoms with Gasteiger partial charge in [0.25, 0.3) is 5.91 Å². The molecule has 1 aromatic carbocycles. The van der Waals surface area contributed by atoms with Gasteiger partial charge in [-0.05, 0) is 62.1 Å². The van der Waals surface area contributed by atoms with Crippen molar-refractivity contribution in [2.24, 2.45) is 17.8 Å². The number of nitrogens with one attached hydrogen (secondary N) is 1. The lowest BCUT2D eigenvalue weighted by Gasteiger charge is -2.36. The van der Waals surface area contributed by atoms with Gasteiger partial charge in [0.1, 0.15) is 11.8 Å². The third kappa shape index (κ3) is 5.32. The lowest BCUT2D eigenvalue weighted by atomic mass is 9.86. The molecule has 2 saturated heterocycles. The SMILES string of the molecule is COc1ccccc1N1CCN(CCCN2C(=O)CC(NC(=O)CC3CC4CCC3C4)C2=O)CC1.